The van der Waals surface area contributed by atoms with E-state index in [4.69, 9.17) is 9.97 Å². The summed E-state index contributed by atoms with van der Waals surface area (Å²) in [7, 11) is -3.44. The third-order valence-corrected chi connectivity index (χ3v) is 7.70. The number of benzene rings is 2. The summed E-state index contributed by atoms with van der Waals surface area (Å²) in [5.74, 6) is -0.0842. The number of rotatable bonds is 10. The molecular formula is C31H29FN8O3S. The molecule has 0 spiro atoms. The van der Waals surface area contributed by atoms with Gasteiger partial charge in [-0.2, -0.15) is 5.10 Å². The molecule has 0 radical (unpaired) electrons. The second-order valence-corrected chi connectivity index (χ2v) is 12.3. The van der Waals surface area contributed by atoms with E-state index in [1.165, 1.54) is 12.1 Å². The standard InChI is InChI=1S/C31H29FN8O3S/c1-3-4-8-27(41)35-22-14-20(16-33-17-22)24-9-10-26-29(36-24)30(40-39-26)31-37-25-7-5-6-23(28(25)38-31)19-11-18(12-21(32)13-19)15-34-44(2,42)43/h5-7,9-14,16-17,34H,3-4,8,15H2,1-2H3,(H,35,41)(H,37,38)(H,39,40). The Balaban J connectivity index is 1.35. The molecule has 0 aliphatic carbocycles. The molecule has 0 aliphatic heterocycles. The van der Waals surface area contributed by atoms with E-state index < -0.39 is 15.8 Å². The van der Waals surface area contributed by atoms with Gasteiger partial charge in [-0.25, -0.2) is 27.5 Å². The molecule has 4 N–H and O–H groups in total. The Bertz CT molecular complexity index is 2120. The van der Waals surface area contributed by atoms with E-state index in [9.17, 15) is 17.6 Å². The van der Waals surface area contributed by atoms with Gasteiger partial charge in [0, 0.05) is 30.3 Å². The van der Waals surface area contributed by atoms with E-state index in [-0.39, 0.29) is 12.5 Å². The average molecular weight is 613 g/mol. The van der Waals surface area contributed by atoms with Crippen molar-refractivity contribution in [1.82, 2.24) is 34.9 Å². The molecule has 4 heterocycles. The Hall–Kier alpha value is -5.01. The van der Waals surface area contributed by atoms with Gasteiger partial charge in [0.05, 0.1) is 40.4 Å². The zero-order valence-electron chi connectivity index (χ0n) is 24.0. The quantitative estimate of drug-likeness (QED) is 0.158. The largest absolute Gasteiger partial charge is 0.336 e. The SMILES string of the molecule is CCCCC(=O)Nc1cncc(-c2ccc3[nH]nc(-c4nc5c(-c6cc(F)cc(CNS(C)(=O)=O)c6)cccc5[nH]4)c3n2)c1. The number of hydrogen-bond donors (Lipinski definition) is 4. The van der Waals surface area contributed by atoms with Crippen molar-refractivity contribution in [2.24, 2.45) is 0 Å². The maximum Gasteiger partial charge on any atom is 0.224 e. The summed E-state index contributed by atoms with van der Waals surface area (Å²) in [6.07, 6.45) is 6.54. The van der Waals surface area contributed by atoms with Crippen LogP contribution < -0.4 is 10.0 Å². The highest BCUT2D eigenvalue weighted by Crippen LogP contribution is 2.33. The van der Waals surface area contributed by atoms with Crippen LogP contribution in [0.25, 0.3) is 56.0 Å². The number of pyridine rings is 2. The maximum atomic E-state index is 14.6. The van der Waals surface area contributed by atoms with E-state index in [0.29, 0.717) is 68.1 Å². The summed E-state index contributed by atoms with van der Waals surface area (Å²) in [5, 5.41) is 10.4. The highest BCUT2D eigenvalue weighted by molar-refractivity contribution is 7.88. The maximum absolute atomic E-state index is 14.6. The van der Waals surface area contributed by atoms with Crippen molar-refractivity contribution < 1.29 is 17.6 Å². The van der Waals surface area contributed by atoms with Crippen molar-refractivity contribution in [2.75, 3.05) is 11.6 Å². The first-order valence-electron chi connectivity index (χ1n) is 14.0. The number of aromatic amines is 2. The number of sulfonamides is 1. The van der Waals surface area contributed by atoms with Crippen molar-refractivity contribution in [3.05, 3.63) is 78.4 Å². The molecule has 13 heteroatoms. The number of amides is 1. The van der Waals surface area contributed by atoms with Gasteiger partial charge < -0.3 is 10.3 Å². The van der Waals surface area contributed by atoms with Crippen molar-refractivity contribution in [1.29, 1.82) is 0 Å². The normalized spacial score (nSPS) is 11.8. The molecule has 6 aromatic rings. The van der Waals surface area contributed by atoms with Crippen LogP contribution in [0.2, 0.25) is 0 Å². The fourth-order valence-corrected chi connectivity index (χ4v) is 5.36. The van der Waals surface area contributed by atoms with E-state index in [2.05, 4.69) is 30.2 Å². The average Bonchev–Trinajstić information content (AvgIpc) is 3.62. The first kappa shape index (κ1) is 29.1. The smallest absolute Gasteiger partial charge is 0.224 e. The van der Waals surface area contributed by atoms with Crippen molar-refractivity contribution >= 4 is 43.7 Å². The van der Waals surface area contributed by atoms with Gasteiger partial charge in [0.2, 0.25) is 15.9 Å². The summed E-state index contributed by atoms with van der Waals surface area (Å²) < 4.78 is 40.1. The van der Waals surface area contributed by atoms with Gasteiger partial charge >= 0.3 is 0 Å². The summed E-state index contributed by atoms with van der Waals surface area (Å²) in [6.45, 7) is 2.00. The Morgan fingerprint density at radius 3 is 2.66 bits per heavy atom. The Labute approximate surface area is 252 Å². The number of hydrogen-bond acceptors (Lipinski definition) is 7. The molecule has 4 aromatic heterocycles. The van der Waals surface area contributed by atoms with Crippen LogP contribution in [0.3, 0.4) is 0 Å². The minimum absolute atomic E-state index is 0.0394. The van der Waals surface area contributed by atoms with Gasteiger partial charge in [0.25, 0.3) is 0 Å². The minimum Gasteiger partial charge on any atom is -0.336 e. The van der Waals surface area contributed by atoms with Crippen LogP contribution in [0.1, 0.15) is 31.7 Å². The van der Waals surface area contributed by atoms with Gasteiger partial charge in [-0.15, -0.1) is 0 Å². The van der Waals surface area contributed by atoms with Crippen LogP contribution >= 0.6 is 0 Å². The van der Waals surface area contributed by atoms with Crippen LogP contribution in [0.15, 0.2) is 67.0 Å². The van der Waals surface area contributed by atoms with Crippen LogP contribution in [0.4, 0.5) is 10.1 Å². The number of halogens is 1. The highest BCUT2D eigenvalue weighted by atomic mass is 32.2. The first-order chi connectivity index (χ1) is 21.2. The van der Waals surface area contributed by atoms with Gasteiger partial charge in [0.15, 0.2) is 11.5 Å². The van der Waals surface area contributed by atoms with Crippen molar-refractivity contribution in [2.45, 2.75) is 32.7 Å². The number of aromatic nitrogens is 6. The number of anilines is 1. The summed E-state index contributed by atoms with van der Waals surface area (Å²) in [4.78, 5) is 29.5. The Kier molecular flexibility index (Phi) is 7.89. The lowest BCUT2D eigenvalue weighted by Crippen LogP contribution is -2.21. The molecule has 2 aromatic carbocycles. The molecule has 224 valence electrons. The Morgan fingerprint density at radius 2 is 1.84 bits per heavy atom. The van der Waals surface area contributed by atoms with Crippen LogP contribution in [0, 0.1) is 5.82 Å². The predicted octanol–water partition coefficient (Wildman–Crippen LogP) is 5.55. The van der Waals surface area contributed by atoms with E-state index >= 15 is 0 Å². The van der Waals surface area contributed by atoms with Crippen molar-refractivity contribution in [3.8, 4) is 33.9 Å². The van der Waals surface area contributed by atoms with Crippen molar-refractivity contribution in [3.63, 3.8) is 0 Å². The van der Waals surface area contributed by atoms with Gasteiger partial charge in [0.1, 0.15) is 11.3 Å². The predicted molar refractivity (Wildman–Crippen MR) is 167 cm³/mol. The molecular weight excluding hydrogens is 583 g/mol. The molecule has 1 amide bonds. The molecule has 44 heavy (non-hydrogen) atoms. The summed E-state index contributed by atoms with van der Waals surface area (Å²) in [6, 6.07) is 15.5. The van der Waals surface area contributed by atoms with Crippen LogP contribution in [0.5, 0.6) is 0 Å². The number of carbonyl (C=O) groups excluding carboxylic acids is 1. The van der Waals surface area contributed by atoms with E-state index in [0.717, 1.165) is 24.7 Å². The second kappa shape index (κ2) is 11.9. The van der Waals surface area contributed by atoms with E-state index in [1.54, 1.807) is 18.5 Å². The van der Waals surface area contributed by atoms with Gasteiger partial charge in [-0.1, -0.05) is 25.5 Å². The third-order valence-electron chi connectivity index (χ3n) is 7.03. The summed E-state index contributed by atoms with van der Waals surface area (Å²) in [5.41, 5.74) is 6.76. The number of carbonyl (C=O) groups is 1. The van der Waals surface area contributed by atoms with E-state index in [1.807, 2.05) is 43.3 Å². The lowest BCUT2D eigenvalue weighted by atomic mass is 10.0. The third kappa shape index (κ3) is 6.33. The molecule has 11 nitrogen and oxygen atoms in total. The molecule has 0 fully saturated rings. The number of nitrogens with one attached hydrogen (secondary N) is 4. The molecule has 0 unspecified atom stereocenters. The van der Waals surface area contributed by atoms with Gasteiger partial charge in [-0.05, 0) is 60.0 Å². The highest BCUT2D eigenvalue weighted by Gasteiger charge is 2.18. The number of H-pyrrole nitrogens is 2. The molecule has 0 atom stereocenters. The van der Waals surface area contributed by atoms with Crippen LogP contribution in [-0.2, 0) is 21.4 Å². The lowest BCUT2D eigenvalue weighted by Gasteiger charge is -2.08. The monoisotopic (exact) mass is 612 g/mol. The van der Waals surface area contributed by atoms with Gasteiger partial charge in [-0.3, -0.25) is 14.9 Å². The fourth-order valence-electron chi connectivity index (χ4n) is 4.93. The number of nitrogens with zero attached hydrogens (tertiary/aromatic N) is 4. The molecule has 0 saturated heterocycles. The molecule has 6 rings (SSSR count). The number of imidazole rings is 1. The zero-order valence-corrected chi connectivity index (χ0v) is 24.8. The lowest BCUT2D eigenvalue weighted by molar-refractivity contribution is -0.116. The molecule has 0 bridgehead atoms. The van der Waals surface area contributed by atoms with Crippen LogP contribution in [-0.4, -0.2) is 50.7 Å². The molecule has 0 saturated carbocycles. The minimum atomic E-state index is -3.44. The number of fused-ring (bicyclic) bond motifs is 2. The fraction of sp³-hybridized carbons (Fsp3) is 0.194. The summed E-state index contributed by atoms with van der Waals surface area (Å²) >= 11 is 0. The molecule has 0 aliphatic rings. The first-order valence-corrected chi connectivity index (χ1v) is 15.9. The second-order valence-electron chi connectivity index (χ2n) is 10.5. The topological polar surface area (TPSA) is 158 Å². The number of unbranched alkanes of at least 4 members (excludes halogenated alkanes) is 1. The zero-order chi connectivity index (χ0) is 30.8. The Morgan fingerprint density at radius 1 is 0.977 bits per heavy atom. The number of para-hydroxylation sites is 1.